The normalized spacial score (nSPS) is 14.6. The average Bonchev–Trinajstić information content (AvgIpc) is 2.48. The molecule has 0 amide bonds. The third-order valence-corrected chi connectivity index (χ3v) is 4.78. The summed E-state index contributed by atoms with van der Waals surface area (Å²) in [6.45, 7) is 1.36. The highest BCUT2D eigenvalue weighted by Crippen LogP contribution is 2.21. The van der Waals surface area contributed by atoms with Gasteiger partial charge in [0.25, 0.3) is 0 Å². The number of rotatable bonds is 6. The molecule has 0 saturated heterocycles. The van der Waals surface area contributed by atoms with Gasteiger partial charge in [0.15, 0.2) is 0 Å². The second kappa shape index (κ2) is 6.39. The lowest BCUT2D eigenvalue weighted by atomic mass is 9.94. The van der Waals surface area contributed by atoms with Crippen LogP contribution in [0.4, 0.5) is 0 Å². The molecule has 2 aromatic rings. The SMILES string of the molecule is CC(CO)(NS(=O)(=O)Cc1ccccc1)c1ccccc1. The van der Waals surface area contributed by atoms with Crippen molar-refractivity contribution in [2.75, 3.05) is 6.61 Å². The van der Waals surface area contributed by atoms with Crippen molar-refractivity contribution in [2.24, 2.45) is 0 Å². The van der Waals surface area contributed by atoms with E-state index < -0.39 is 15.6 Å². The molecule has 0 aliphatic heterocycles. The van der Waals surface area contributed by atoms with Crippen LogP contribution >= 0.6 is 0 Å². The van der Waals surface area contributed by atoms with Gasteiger partial charge in [-0.3, -0.25) is 0 Å². The lowest BCUT2D eigenvalue weighted by Gasteiger charge is -2.29. The molecule has 112 valence electrons. The Labute approximate surface area is 125 Å². The van der Waals surface area contributed by atoms with Crippen molar-refractivity contribution < 1.29 is 13.5 Å². The van der Waals surface area contributed by atoms with E-state index in [1.165, 1.54) is 0 Å². The first-order valence-electron chi connectivity index (χ1n) is 6.67. The van der Waals surface area contributed by atoms with Gasteiger partial charge in [-0.25, -0.2) is 13.1 Å². The molecule has 5 heteroatoms. The van der Waals surface area contributed by atoms with Gasteiger partial charge < -0.3 is 5.11 Å². The maximum Gasteiger partial charge on any atom is 0.216 e. The zero-order valence-electron chi connectivity index (χ0n) is 11.9. The molecule has 0 bridgehead atoms. The first-order valence-corrected chi connectivity index (χ1v) is 8.32. The third-order valence-electron chi connectivity index (χ3n) is 3.31. The van der Waals surface area contributed by atoms with E-state index >= 15 is 0 Å². The Morgan fingerprint density at radius 1 is 1.00 bits per heavy atom. The Balaban J connectivity index is 2.21. The van der Waals surface area contributed by atoms with Crippen LogP contribution < -0.4 is 4.72 Å². The zero-order valence-corrected chi connectivity index (χ0v) is 12.7. The Hall–Kier alpha value is -1.69. The highest BCUT2D eigenvalue weighted by Gasteiger charge is 2.30. The summed E-state index contributed by atoms with van der Waals surface area (Å²) < 4.78 is 27.3. The lowest BCUT2D eigenvalue weighted by molar-refractivity contribution is 0.196. The molecular weight excluding hydrogens is 286 g/mol. The van der Waals surface area contributed by atoms with E-state index in [0.717, 1.165) is 5.56 Å². The van der Waals surface area contributed by atoms with Crippen molar-refractivity contribution in [1.82, 2.24) is 4.72 Å². The number of benzene rings is 2. The molecule has 0 fully saturated rings. The fourth-order valence-corrected chi connectivity index (χ4v) is 3.73. The second-order valence-electron chi connectivity index (χ2n) is 5.20. The number of aliphatic hydroxyl groups excluding tert-OH is 1. The quantitative estimate of drug-likeness (QED) is 0.858. The van der Waals surface area contributed by atoms with Crippen molar-refractivity contribution in [3.8, 4) is 0 Å². The van der Waals surface area contributed by atoms with E-state index in [-0.39, 0.29) is 12.4 Å². The highest BCUT2D eigenvalue weighted by molar-refractivity contribution is 7.88. The van der Waals surface area contributed by atoms with Crippen LogP contribution in [-0.4, -0.2) is 20.1 Å². The summed E-state index contributed by atoms with van der Waals surface area (Å²) in [5.74, 6) is -0.115. The Kier molecular flexibility index (Phi) is 4.77. The number of sulfonamides is 1. The summed E-state index contributed by atoms with van der Waals surface area (Å²) in [6, 6.07) is 18.0. The minimum absolute atomic E-state index is 0.115. The second-order valence-corrected chi connectivity index (χ2v) is 6.93. The van der Waals surface area contributed by atoms with E-state index in [9.17, 15) is 13.5 Å². The maximum absolute atomic E-state index is 12.3. The van der Waals surface area contributed by atoms with Gasteiger partial charge in [0, 0.05) is 0 Å². The van der Waals surface area contributed by atoms with Crippen LogP contribution in [0.1, 0.15) is 18.1 Å². The molecule has 1 atom stereocenters. The molecule has 0 saturated carbocycles. The van der Waals surface area contributed by atoms with Gasteiger partial charge in [-0.1, -0.05) is 60.7 Å². The third kappa shape index (κ3) is 4.14. The fraction of sp³-hybridized carbons (Fsp3) is 0.250. The topological polar surface area (TPSA) is 66.4 Å². The monoisotopic (exact) mass is 305 g/mol. The molecule has 0 aliphatic rings. The summed E-state index contributed by atoms with van der Waals surface area (Å²) in [5, 5.41) is 9.64. The lowest BCUT2D eigenvalue weighted by Crippen LogP contribution is -2.46. The van der Waals surface area contributed by atoms with Gasteiger partial charge in [-0.05, 0) is 18.1 Å². The van der Waals surface area contributed by atoms with Crippen molar-refractivity contribution in [2.45, 2.75) is 18.2 Å². The molecule has 21 heavy (non-hydrogen) atoms. The molecule has 0 aliphatic carbocycles. The van der Waals surface area contributed by atoms with Gasteiger partial charge in [0.2, 0.25) is 10.0 Å². The molecule has 1 unspecified atom stereocenters. The smallest absolute Gasteiger partial charge is 0.216 e. The standard InChI is InChI=1S/C16H19NO3S/c1-16(13-18,15-10-6-3-7-11-15)17-21(19,20)12-14-8-4-2-5-9-14/h2-11,17-18H,12-13H2,1H3. The maximum atomic E-state index is 12.3. The van der Waals surface area contributed by atoms with E-state index in [1.807, 2.05) is 24.3 Å². The summed E-state index contributed by atoms with van der Waals surface area (Å²) in [7, 11) is -3.56. The van der Waals surface area contributed by atoms with E-state index in [1.54, 1.807) is 43.3 Å². The van der Waals surface area contributed by atoms with Crippen LogP contribution in [0.2, 0.25) is 0 Å². The van der Waals surface area contributed by atoms with Crippen LogP contribution in [0.25, 0.3) is 0 Å². The van der Waals surface area contributed by atoms with Crippen molar-refractivity contribution in [1.29, 1.82) is 0 Å². The first kappa shape index (κ1) is 15.7. The van der Waals surface area contributed by atoms with Crippen molar-refractivity contribution in [3.05, 3.63) is 71.8 Å². The van der Waals surface area contributed by atoms with Gasteiger partial charge in [0.05, 0.1) is 17.9 Å². The van der Waals surface area contributed by atoms with E-state index in [2.05, 4.69) is 4.72 Å². The fourth-order valence-electron chi connectivity index (χ4n) is 2.16. The summed E-state index contributed by atoms with van der Waals surface area (Å²) in [5.41, 5.74) is 0.400. The van der Waals surface area contributed by atoms with E-state index in [4.69, 9.17) is 0 Å². The highest BCUT2D eigenvalue weighted by atomic mass is 32.2. The largest absolute Gasteiger partial charge is 0.394 e. The molecule has 2 rings (SSSR count). The molecule has 0 radical (unpaired) electrons. The first-order chi connectivity index (χ1) is 9.95. The van der Waals surface area contributed by atoms with Crippen LogP contribution in [0, 0.1) is 0 Å². The molecule has 0 heterocycles. The Bertz CT molecular complexity index is 671. The summed E-state index contributed by atoms with van der Waals surface area (Å²) in [4.78, 5) is 0. The minimum Gasteiger partial charge on any atom is -0.394 e. The molecule has 0 aromatic heterocycles. The van der Waals surface area contributed by atoms with Crippen molar-refractivity contribution in [3.63, 3.8) is 0 Å². The predicted molar refractivity (Wildman–Crippen MR) is 83.1 cm³/mol. The number of aliphatic hydroxyl groups is 1. The van der Waals surface area contributed by atoms with Gasteiger partial charge in [-0.2, -0.15) is 0 Å². The van der Waals surface area contributed by atoms with Gasteiger partial charge in [0.1, 0.15) is 0 Å². The molecule has 2 aromatic carbocycles. The minimum atomic E-state index is -3.56. The van der Waals surface area contributed by atoms with Crippen LogP contribution in [-0.2, 0) is 21.3 Å². The van der Waals surface area contributed by atoms with Crippen molar-refractivity contribution >= 4 is 10.0 Å². The number of nitrogens with one attached hydrogen (secondary N) is 1. The Morgan fingerprint density at radius 2 is 1.52 bits per heavy atom. The number of hydrogen-bond acceptors (Lipinski definition) is 3. The Morgan fingerprint density at radius 3 is 2.05 bits per heavy atom. The number of hydrogen-bond donors (Lipinski definition) is 2. The van der Waals surface area contributed by atoms with Crippen LogP contribution in [0.5, 0.6) is 0 Å². The summed E-state index contributed by atoms with van der Waals surface area (Å²) in [6.07, 6.45) is 0. The van der Waals surface area contributed by atoms with E-state index in [0.29, 0.717) is 5.56 Å². The zero-order chi connectivity index (χ0) is 15.3. The van der Waals surface area contributed by atoms with Gasteiger partial charge >= 0.3 is 0 Å². The van der Waals surface area contributed by atoms with Crippen LogP contribution in [0.3, 0.4) is 0 Å². The molecule has 0 spiro atoms. The molecule has 2 N–H and O–H groups in total. The predicted octanol–water partition coefficient (Wildman–Crippen LogP) is 2.01. The molecule has 4 nitrogen and oxygen atoms in total. The van der Waals surface area contributed by atoms with Crippen LogP contribution in [0.15, 0.2) is 60.7 Å². The average molecular weight is 305 g/mol. The van der Waals surface area contributed by atoms with Gasteiger partial charge in [-0.15, -0.1) is 0 Å². The molecular formula is C16H19NO3S. The summed E-state index contributed by atoms with van der Waals surface area (Å²) >= 11 is 0.